The van der Waals surface area contributed by atoms with E-state index < -0.39 is 0 Å². The molecule has 16 heavy (non-hydrogen) atoms. The lowest BCUT2D eigenvalue weighted by atomic mass is 10.2. The smallest absolute Gasteiger partial charge is 0.220 e. The van der Waals surface area contributed by atoms with E-state index in [1.807, 2.05) is 31.1 Å². The van der Waals surface area contributed by atoms with Crippen LogP contribution in [0.15, 0.2) is 22.8 Å². The molecule has 1 aromatic rings. The fourth-order valence-electron chi connectivity index (χ4n) is 1.40. The zero-order valence-electron chi connectivity index (χ0n) is 9.57. The molecule has 1 unspecified atom stereocenters. The molecule has 0 bridgehead atoms. The van der Waals surface area contributed by atoms with E-state index in [-0.39, 0.29) is 11.9 Å². The highest BCUT2D eigenvalue weighted by Crippen LogP contribution is 2.17. The van der Waals surface area contributed by atoms with Crippen molar-refractivity contribution in [1.29, 1.82) is 0 Å². The number of furan rings is 1. The van der Waals surface area contributed by atoms with Crippen molar-refractivity contribution in [2.75, 3.05) is 26.0 Å². The molecule has 4 nitrogen and oxygen atoms in total. The highest BCUT2D eigenvalue weighted by molar-refractivity contribution is 9.09. The molecular formula is C11H17BrN2O2. The number of likely N-dealkylation sites (N-methyl/N-ethyl adjacent to an activating group) is 1. The summed E-state index contributed by atoms with van der Waals surface area (Å²) in [6.45, 7) is 0.562. The van der Waals surface area contributed by atoms with Crippen molar-refractivity contribution in [3.63, 3.8) is 0 Å². The SMILES string of the molecule is CN(C)C(CNC(=O)CCBr)c1ccco1. The van der Waals surface area contributed by atoms with Gasteiger partial charge in [0, 0.05) is 18.3 Å². The number of nitrogens with zero attached hydrogens (tertiary/aromatic N) is 1. The van der Waals surface area contributed by atoms with Crippen molar-refractivity contribution < 1.29 is 9.21 Å². The number of hydrogen-bond donors (Lipinski definition) is 1. The second kappa shape index (κ2) is 6.70. The molecule has 5 heteroatoms. The average molecular weight is 289 g/mol. The van der Waals surface area contributed by atoms with Crippen LogP contribution in [0.3, 0.4) is 0 Å². The van der Waals surface area contributed by atoms with E-state index in [9.17, 15) is 4.79 Å². The summed E-state index contributed by atoms with van der Waals surface area (Å²) in [7, 11) is 3.92. The maximum Gasteiger partial charge on any atom is 0.220 e. The quantitative estimate of drug-likeness (QED) is 0.812. The fraction of sp³-hybridized carbons (Fsp3) is 0.545. The zero-order chi connectivity index (χ0) is 12.0. The Hall–Kier alpha value is -0.810. The molecule has 0 spiro atoms. The Balaban J connectivity index is 2.50. The Labute approximate surface area is 104 Å². The van der Waals surface area contributed by atoms with Crippen LogP contribution in [0.4, 0.5) is 0 Å². The van der Waals surface area contributed by atoms with Crippen molar-refractivity contribution in [3.8, 4) is 0 Å². The molecule has 1 aromatic heterocycles. The van der Waals surface area contributed by atoms with Gasteiger partial charge < -0.3 is 9.73 Å². The van der Waals surface area contributed by atoms with Crippen LogP contribution in [0.5, 0.6) is 0 Å². The molecule has 1 atom stereocenters. The van der Waals surface area contributed by atoms with E-state index in [4.69, 9.17) is 4.42 Å². The molecule has 0 aliphatic carbocycles. The van der Waals surface area contributed by atoms with E-state index in [0.717, 1.165) is 5.76 Å². The molecule has 0 aliphatic heterocycles. The lowest BCUT2D eigenvalue weighted by molar-refractivity contribution is -0.120. The van der Waals surface area contributed by atoms with Gasteiger partial charge in [-0.05, 0) is 26.2 Å². The molecular weight excluding hydrogens is 272 g/mol. The van der Waals surface area contributed by atoms with Gasteiger partial charge in [-0.3, -0.25) is 9.69 Å². The van der Waals surface area contributed by atoms with E-state index in [0.29, 0.717) is 18.3 Å². The van der Waals surface area contributed by atoms with Crippen molar-refractivity contribution in [3.05, 3.63) is 24.2 Å². The summed E-state index contributed by atoms with van der Waals surface area (Å²) in [5.41, 5.74) is 0. The molecule has 0 fully saturated rings. The lowest BCUT2D eigenvalue weighted by Gasteiger charge is -2.22. The molecule has 0 saturated carbocycles. The fourth-order valence-corrected chi connectivity index (χ4v) is 1.76. The van der Waals surface area contributed by atoms with Crippen LogP contribution < -0.4 is 5.32 Å². The second-order valence-corrected chi connectivity index (χ2v) is 4.53. The molecule has 1 heterocycles. The zero-order valence-corrected chi connectivity index (χ0v) is 11.2. The lowest BCUT2D eigenvalue weighted by Crippen LogP contribution is -2.34. The Kier molecular flexibility index (Phi) is 5.55. The topological polar surface area (TPSA) is 45.5 Å². The summed E-state index contributed by atoms with van der Waals surface area (Å²) in [5, 5.41) is 3.57. The summed E-state index contributed by atoms with van der Waals surface area (Å²) in [6, 6.07) is 3.85. The van der Waals surface area contributed by atoms with E-state index >= 15 is 0 Å². The van der Waals surface area contributed by atoms with Crippen molar-refractivity contribution >= 4 is 21.8 Å². The van der Waals surface area contributed by atoms with E-state index in [1.54, 1.807) is 6.26 Å². The molecule has 1 amide bonds. The molecule has 0 saturated heterocycles. The molecule has 90 valence electrons. The van der Waals surface area contributed by atoms with Crippen molar-refractivity contribution in [1.82, 2.24) is 10.2 Å². The first-order valence-electron chi connectivity index (χ1n) is 5.17. The van der Waals surface area contributed by atoms with Gasteiger partial charge in [0.1, 0.15) is 5.76 Å². The Bertz CT molecular complexity index is 312. The minimum Gasteiger partial charge on any atom is -0.468 e. The van der Waals surface area contributed by atoms with Gasteiger partial charge in [-0.25, -0.2) is 0 Å². The number of carbonyl (C=O) groups excluding carboxylic acids is 1. The summed E-state index contributed by atoms with van der Waals surface area (Å²) in [4.78, 5) is 13.4. The van der Waals surface area contributed by atoms with Crippen LogP contribution >= 0.6 is 15.9 Å². The third kappa shape index (κ3) is 3.98. The molecule has 1 rings (SSSR count). The van der Waals surface area contributed by atoms with E-state index in [1.165, 1.54) is 0 Å². The standard InChI is InChI=1S/C11H17BrN2O2/c1-14(2)9(10-4-3-7-16-10)8-13-11(15)5-6-12/h3-4,7,9H,5-6,8H2,1-2H3,(H,13,15). The van der Waals surface area contributed by atoms with Gasteiger partial charge in [0.05, 0.1) is 12.3 Å². The first-order valence-corrected chi connectivity index (χ1v) is 6.29. The Morgan fingerprint density at radius 1 is 1.62 bits per heavy atom. The van der Waals surface area contributed by atoms with Crippen LogP contribution in [0, 0.1) is 0 Å². The predicted octanol–water partition coefficient (Wildman–Crippen LogP) is 1.78. The summed E-state index contributed by atoms with van der Waals surface area (Å²) in [6.07, 6.45) is 2.14. The number of rotatable bonds is 6. The number of hydrogen-bond acceptors (Lipinski definition) is 3. The largest absolute Gasteiger partial charge is 0.468 e. The maximum absolute atomic E-state index is 11.3. The van der Waals surface area contributed by atoms with Crippen LogP contribution in [0.2, 0.25) is 0 Å². The number of halogens is 1. The van der Waals surface area contributed by atoms with Crippen LogP contribution in [-0.4, -0.2) is 36.8 Å². The van der Waals surface area contributed by atoms with Gasteiger partial charge in [0.2, 0.25) is 5.91 Å². The van der Waals surface area contributed by atoms with E-state index in [2.05, 4.69) is 21.2 Å². The Morgan fingerprint density at radius 2 is 2.38 bits per heavy atom. The Morgan fingerprint density at radius 3 is 2.88 bits per heavy atom. The summed E-state index contributed by atoms with van der Waals surface area (Å²) in [5.74, 6) is 0.916. The van der Waals surface area contributed by atoms with Crippen LogP contribution in [-0.2, 0) is 4.79 Å². The van der Waals surface area contributed by atoms with Gasteiger partial charge in [-0.2, -0.15) is 0 Å². The minimum atomic E-state index is 0.0512. The summed E-state index contributed by atoms with van der Waals surface area (Å²) < 4.78 is 5.35. The van der Waals surface area contributed by atoms with Crippen molar-refractivity contribution in [2.24, 2.45) is 0 Å². The number of nitrogens with one attached hydrogen (secondary N) is 1. The highest BCUT2D eigenvalue weighted by atomic mass is 79.9. The van der Waals surface area contributed by atoms with Crippen LogP contribution in [0.25, 0.3) is 0 Å². The minimum absolute atomic E-state index is 0.0512. The van der Waals surface area contributed by atoms with Gasteiger partial charge in [-0.15, -0.1) is 0 Å². The van der Waals surface area contributed by atoms with Gasteiger partial charge in [0.15, 0.2) is 0 Å². The van der Waals surface area contributed by atoms with Crippen molar-refractivity contribution in [2.45, 2.75) is 12.5 Å². The number of carbonyl (C=O) groups is 1. The monoisotopic (exact) mass is 288 g/mol. The highest BCUT2D eigenvalue weighted by Gasteiger charge is 2.17. The van der Waals surface area contributed by atoms with Gasteiger partial charge in [-0.1, -0.05) is 15.9 Å². The number of amides is 1. The van der Waals surface area contributed by atoms with Crippen LogP contribution in [0.1, 0.15) is 18.2 Å². The molecule has 1 N–H and O–H groups in total. The normalized spacial score (nSPS) is 12.8. The third-order valence-corrected chi connectivity index (χ3v) is 2.71. The van der Waals surface area contributed by atoms with Gasteiger partial charge in [0.25, 0.3) is 0 Å². The first kappa shape index (κ1) is 13.3. The predicted molar refractivity (Wildman–Crippen MR) is 66.6 cm³/mol. The molecule has 0 aliphatic rings. The van der Waals surface area contributed by atoms with Gasteiger partial charge >= 0.3 is 0 Å². The molecule has 0 aromatic carbocycles. The molecule has 0 radical (unpaired) electrons. The average Bonchev–Trinajstić information content (AvgIpc) is 2.71. The number of alkyl halides is 1. The second-order valence-electron chi connectivity index (χ2n) is 3.74. The summed E-state index contributed by atoms with van der Waals surface area (Å²) >= 11 is 3.23. The first-order chi connectivity index (χ1) is 7.65. The maximum atomic E-state index is 11.3. The third-order valence-electron chi connectivity index (χ3n) is 2.31.